The molecule has 0 radical (unpaired) electrons. The molecule has 1 atom stereocenters. The van der Waals surface area contributed by atoms with Crippen LogP contribution in [0.2, 0.25) is 0 Å². The van der Waals surface area contributed by atoms with Crippen LogP contribution in [-0.2, 0) is 4.74 Å². The molecule has 1 N–H and O–H groups in total. The van der Waals surface area contributed by atoms with Gasteiger partial charge in [0.05, 0.1) is 24.5 Å². The van der Waals surface area contributed by atoms with E-state index in [1.54, 1.807) is 35.4 Å². The normalized spacial score (nSPS) is 16.8. The van der Waals surface area contributed by atoms with Gasteiger partial charge in [-0.2, -0.15) is 5.10 Å². The monoisotopic (exact) mass is 501 g/mol. The fraction of sp³-hybridized carbons (Fsp3) is 0.296. The highest BCUT2D eigenvalue weighted by Crippen LogP contribution is 2.33. The van der Waals surface area contributed by atoms with Gasteiger partial charge in [-0.15, -0.1) is 5.10 Å². The summed E-state index contributed by atoms with van der Waals surface area (Å²) in [5.41, 5.74) is 4.37. The van der Waals surface area contributed by atoms with Gasteiger partial charge in [-0.25, -0.2) is 13.6 Å². The van der Waals surface area contributed by atoms with Crippen molar-refractivity contribution >= 4 is 5.52 Å². The van der Waals surface area contributed by atoms with Gasteiger partial charge < -0.3 is 19.7 Å². The van der Waals surface area contributed by atoms with Gasteiger partial charge in [-0.3, -0.25) is 0 Å². The lowest BCUT2D eigenvalue weighted by atomic mass is 10.1. The molecule has 190 valence electrons. The Balaban J connectivity index is 1.36. The molecule has 0 spiro atoms. The second kappa shape index (κ2) is 10.1. The predicted octanol–water partition coefficient (Wildman–Crippen LogP) is 4.36. The van der Waals surface area contributed by atoms with E-state index in [1.807, 2.05) is 40.3 Å². The molecule has 0 aliphatic carbocycles. The van der Waals surface area contributed by atoms with Gasteiger partial charge in [-0.1, -0.05) is 17.3 Å². The Morgan fingerprint density at radius 3 is 2.70 bits per heavy atom. The van der Waals surface area contributed by atoms with Crippen molar-refractivity contribution in [3.8, 4) is 17.0 Å². The summed E-state index contributed by atoms with van der Waals surface area (Å²) in [5.74, 6) is 0.363. The number of piperidine rings is 1. The summed E-state index contributed by atoms with van der Waals surface area (Å²) in [7, 11) is 0. The standard InChI is InChI=1S/C27H28FN7O2/c1-19-27(31-32-35(19)23-6-9-29-10-7-23)21-16-25(24-8-11-30-34(24)17-21)37-26(18-33-12-14-36-15-13-33)20-2-4-22(28)5-3-20/h2-5,8,11-17,23,26,29H,6-7,9-10,18H2,1H3. The van der Waals surface area contributed by atoms with E-state index in [-0.39, 0.29) is 5.82 Å². The molecule has 6 rings (SSSR count). The first-order chi connectivity index (χ1) is 18.2. The van der Waals surface area contributed by atoms with Crippen molar-refractivity contribution in [3.05, 3.63) is 90.8 Å². The Morgan fingerprint density at radius 2 is 1.92 bits per heavy atom. The number of nitrogens with zero attached hydrogens (tertiary/aromatic N) is 6. The van der Waals surface area contributed by atoms with Gasteiger partial charge in [0, 0.05) is 24.2 Å². The maximum Gasteiger partial charge on any atom is 0.146 e. The average Bonchev–Trinajstić information content (AvgIpc) is 3.56. The van der Waals surface area contributed by atoms with Crippen LogP contribution < -0.4 is 10.1 Å². The second-order valence-electron chi connectivity index (χ2n) is 9.26. The molecular formula is C27H28FN7O2. The van der Waals surface area contributed by atoms with Crippen LogP contribution in [0.15, 0.2) is 73.7 Å². The molecule has 9 nitrogen and oxygen atoms in total. The number of halogens is 1. The topological polar surface area (TPSA) is 81.7 Å². The molecule has 1 fully saturated rings. The van der Waals surface area contributed by atoms with Gasteiger partial charge in [0.15, 0.2) is 0 Å². The Morgan fingerprint density at radius 1 is 1.14 bits per heavy atom. The van der Waals surface area contributed by atoms with Crippen LogP contribution in [0.1, 0.15) is 36.2 Å². The zero-order chi connectivity index (χ0) is 25.2. The first kappa shape index (κ1) is 23.2. The second-order valence-corrected chi connectivity index (χ2v) is 9.26. The summed E-state index contributed by atoms with van der Waals surface area (Å²) in [5, 5.41) is 16.9. The summed E-state index contributed by atoms with van der Waals surface area (Å²) in [6.45, 7) is 4.52. The number of pyridine rings is 1. The molecule has 3 aromatic heterocycles. The van der Waals surface area contributed by atoms with Crippen LogP contribution in [0.25, 0.3) is 16.8 Å². The number of fused-ring (bicyclic) bond motifs is 1. The number of rotatable bonds is 7. The van der Waals surface area contributed by atoms with E-state index in [1.165, 1.54) is 12.1 Å². The van der Waals surface area contributed by atoms with E-state index in [0.29, 0.717) is 18.3 Å². The van der Waals surface area contributed by atoms with Gasteiger partial charge in [0.2, 0.25) is 0 Å². The molecule has 2 aliphatic rings. The van der Waals surface area contributed by atoms with Crippen molar-refractivity contribution in [2.75, 3.05) is 19.6 Å². The van der Waals surface area contributed by atoms with E-state index in [2.05, 4.69) is 27.7 Å². The van der Waals surface area contributed by atoms with Gasteiger partial charge in [-0.05, 0) is 62.7 Å². The van der Waals surface area contributed by atoms with Gasteiger partial charge >= 0.3 is 0 Å². The maximum absolute atomic E-state index is 13.7. The summed E-state index contributed by atoms with van der Waals surface area (Å²) >= 11 is 0. The molecular weight excluding hydrogens is 473 g/mol. The SMILES string of the molecule is Cc1c(-c2cc(OC(CN3C=COC=C3)c3ccc(F)cc3)c3ccnn3c2)nnn1C1CCNCC1. The van der Waals surface area contributed by atoms with Crippen molar-refractivity contribution in [1.29, 1.82) is 0 Å². The van der Waals surface area contributed by atoms with Gasteiger partial charge in [0.1, 0.15) is 41.4 Å². The minimum Gasteiger partial charge on any atom is -0.482 e. The van der Waals surface area contributed by atoms with Crippen LogP contribution in [0, 0.1) is 12.7 Å². The Hall–Kier alpha value is -4.18. The lowest BCUT2D eigenvalue weighted by Crippen LogP contribution is -2.30. The van der Waals surface area contributed by atoms with Crippen LogP contribution in [-0.4, -0.2) is 49.1 Å². The fourth-order valence-electron chi connectivity index (χ4n) is 4.90. The number of hydrogen-bond acceptors (Lipinski definition) is 7. The van der Waals surface area contributed by atoms with Crippen LogP contribution in [0.4, 0.5) is 4.39 Å². The molecule has 5 heterocycles. The number of nitrogens with one attached hydrogen (secondary N) is 1. The lowest BCUT2D eigenvalue weighted by molar-refractivity contribution is 0.173. The van der Waals surface area contributed by atoms with Crippen LogP contribution in [0.5, 0.6) is 5.75 Å². The van der Waals surface area contributed by atoms with E-state index < -0.39 is 6.10 Å². The molecule has 1 unspecified atom stereocenters. The van der Waals surface area contributed by atoms with Crippen LogP contribution >= 0.6 is 0 Å². The third-order valence-electron chi connectivity index (χ3n) is 6.88. The minimum absolute atomic E-state index is 0.291. The summed E-state index contributed by atoms with van der Waals surface area (Å²) < 4.78 is 29.3. The Bertz CT molecular complexity index is 1420. The third kappa shape index (κ3) is 4.79. The number of aromatic nitrogens is 5. The zero-order valence-corrected chi connectivity index (χ0v) is 20.5. The molecule has 0 amide bonds. The van der Waals surface area contributed by atoms with E-state index in [9.17, 15) is 4.39 Å². The molecule has 1 aromatic carbocycles. The number of hydrogen-bond donors (Lipinski definition) is 1. The first-order valence-electron chi connectivity index (χ1n) is 12.4. The average molecular weight is 502 g/mol. The molecule has 2 aliphatic heterocycles. The molecule has 0 saturated carbocycles. The molecule has 4 aromatic rings. The first-order valence-corrected chi connectivity index (χ1v) is 12.4. The fourth-order valence-corrected chi connectivity index (χ4v) is 4.90. The van der Waals surface area contributed by atoms with E-state index >= 15 is 0 Å². The van der Waals surface area contributed by atoms with E-state index in [0.717, 1.165) is 54.0 Å². The molecule has 37 heavy (non-hydrogen) atoms. The smallest absolute Gasteiger partial charge is 0.146 e. The molecule has 1 saturated heterocycles. The number of benzene rings is 1. The quantitative estimate of drug-likeness (QED) is 0.403. The van der Waals surface area contributed by atoms with E-state index in [4.69, 9.17) is 9.47 Å². The van der Waals surface area contributed by atoms with Crippen LogP contribution in [0.3, 0.4) is 0 Å². The zero-order valence-electron chi connectivity index (χ0n) is 20.5. The highest BCUT2D eigenvalue weighted by atomic mass is 19.1. The Labute approximate surface area is 213 Å². The van der Waals surface area contributed by atoms with Crippen molar-refractivity contribution in [2.45, 2.75) is 31.9 Å². The third-order valence-corrected chi connectivity index (χ3v) is 6.88. The summed E-state index contributed by atoms with van der Waals surface area (Å²) in [6.07, 6.45) is 12.2. The number of ether oxygens (including phenoxy) is 2. The van der Waals surface area contributed by atoms with Crippen molar-refractivity contribution in [2.24, 2.45) is 0 Å². The Kier molecular flexibility index (Phi) is 6.32. The summed E-state index contributed by atoms with van der Waals surface area (Å²) in [6, 6.07) is 10.6. The molecule has 0 bridgehead atoms. The van der Waals surface area contributed by atoms with Gasteiger partial charge in [0.25, 0.3) is 0 Å². The highest BCUT2D eigenvalue weighted by molar-refractivity contribution is 5.70. The molecule has 10 heteroatoms. The van der Waals surface area contributed by atoms with Crippen molar-refractivity contribution in [1.82, 2.24) is 34.8 Å². The highest BCUT2D eigenvalue weighted by Gasteiger charge is 2.23. The van der Waals surface area contributed by atoms with Crippen molar-refractivity contribution in [3.63, 3.8) is 0 Å². The largest absolute Gasteiger partial charge is 0.482 e. The maximum atomic E-state index is 13.7. The lowest BCUT2D eigenvalue weighted by Gasteiger charge is -2.26. The predicted molar refractivity (Wildman–Crippen MR) is 136 cm³/mol. The summed E-state index contributed by atoms with van der Waals surface area (Å²) in [4.78, 5) is 1.96. The van der Waals surface area contributed by atoms with Crippen molar-refractivity contribution < 1.29 is 13.9 Å². The minimum atomic E-state index is -0.395.